The number of aromatic amines is 2. The van der Waals surface area contributed by atoms with Crippen LogP contribution in [0.1, 0.15) is 59.4 Å². The van der Waals surface area contributed by atoms with Crippen molar-refractivity contribution in [1.82, 2.24) is 30.8 Å². The van der Waals surface area contributed by atoms with E-state index in [9.17, 15) is 4.79 Å². The van der Waals surface area contributed by atoms with E-state index in [1.54, 1.807) is 6.20 Å². The maximum Gasteiger partial charge on any atom is 0.272 e. The molecular formula is C15H22N6O. The molecule has 0 saturated carbocycles. The Kier molecular flexibility index (Phi) is 4.24. The van der Waals surface area contributed by atoms with Crippen LogP contribution in [0.25, 0.3) is 0 Å². The molecule has 7 nitrogen and oxygen atoms in total. The van der Waals surface area contributed by atoms with Crippen molar-refractivity contribution in [3.63, 3.8) is 0 Å². The Labute approximate surface area is 129 Å². The molecule has 1 unspecified atom stereocenters. The number of rotatable bonds is 4. The third-order valence-electron chi connectivity index (χ3n) is 4.18. The van der Waals surface area contributed by atoms with Gasteiger partial charge in [0.2, 0.25) is 0 Å². The Hall–Kier alpha value is -2.15. The summed E-state index contributed by atoms with van der Waals surface area (Å²) in [7, 11) is 0. The van der Waals surface area contributed by atoms with Crippen LogP contribution in [0.4, 0.5) is 0 Å². The number of aromatic nitrogens is 4. The minimum Gasteiger partial charge on any atom is -0.345 e. The summed E-state index contributed by atoms with van der Waals surface area (Å²) >= 11 is 0. The summed E-state index contributed by atoms with van der Waals surface area (Å²) in [5.41, 5.74) is 2.18. The topological polar surface area (TPSA) is 98.5 Å². The van der Waals surface area contributed by atoms with Gasteiger partial charge in [-0.1, -0.05) is 0 Å². The second kappa shape index (κ2) is 6.31. The molecule has 0 aliphatic carbocycles. The van der Waals surface area contributed by atoms with Crippen molar-refractivity contribution in [2.45, 2.75) is 38.6 Å². The molecule has 2 aromatic heterocycles. The first-order chi connectivity index (χ1) is 10.6. The van der Waals surface area contributed by atoms with E-state index in [4.69, 9.17) is 0 Å². The summed E-state index contributed by atoms with van der Waals surface area (Å²) < 4.78 is 0. The van der Waals surface area contributed by atoms with E-state index in [2.05, 4.69) is 30.8 Å². The number of H-pyrrole nitrogens is 2. The molecule has 4 N–H and O–H groups in total. The van der Waals surface area contributed by atoms with E-state index in [1.807, 2.05) is 19.9 Å². The molecule has 2 aromatic rings. The first-order valence-corrected chi connectivity index (χ1v) is 7.72. The summed E-state index contributed by atoms with van der Waals surface area (Å²) in [5, 5.41) is 13.1. The van der Waals surface area contributed by atoms with Gasteiger partial charge in [-0.3, -0.25) is 9.89 Å². The molecule has 0 aromatic carbocycles. The number of carbonyl (C=O) groups excluding carboxylic acids is 1. The lowest BCUT2D eigenvalue weighted by Crippen LogP contribution is -2.28. The fourth-order valence-electron chi connectivity index (χ4n) is 2.84. The van der Waals surface area contributed by atoms with E-state index in [-0.39, 0.29) is 11.9 Å². The van der Waals surface area contributed by atoms with Gasteiger partial charge in [-0.25, -0.2) is 4.98 Å². The number of imidazole rings is 1. The van der Waals surface area contributed by atoms with Crippen LogP contribution in [0.15, 0.2) is 12.3 Å². The van der Waals surface area contributed by atoms with Crippen LogP contribution in [0.2, 0.25) is 0 Å². The van der Waals surface area contributed by atoms with E-state index in [1.165, 1.54) is 0 Å². The number of hydrogen-bond acceptors (Lipinski definition) is 4. The molecule has 1 atom stereocenters. The minimum absolute atomic E-state index is 0.131. The number of nitrogens with zero attached hydrogens (tertiary/aromatic N) is 2. The van der Waals surface area contributed by atoms with Crippen molar-refractivity contribution in [3.8, 4) is 0 Å². The zero-order valence-corrected chi connectivity index (χ0v) is 12.9. The van der Waals surface area contributed by atoms with Gasteiger partial charge in [0.15, 0.2) is 0 Å². The number of piperidine rings is 1. The summed E-state index contributed by atoms with van der Waals surface area (Å²) in [6, 6.07) is 1.72. The van der Waals surface area contributed by atoms with E-state index < -0.39 is 0 Å². The molecule has 118 valence electrons. The molecule has 0 radical (unpaired) electrons. The number of nitrogens with one attached hydrogen (secondary N) is 4. The van der Waals surface area contributed by atoms with Gasteiger partial charge in [-0.05, 0) is 45.8 Å². The zero-order valence-electron chi connectivity index (χ0n) is 12.9. The van der Waals surface area contributed by atoms with Gasteiger partial charge in [0.05, 0.1) is 11.7 Å². The van der Waals surface area contributed by atoms with Crippen molar-refractivity contribution in [2.24, 2.45) is 0 Å². The van der Waals surface area contributed by atoms with Gasteiger partial charge >= 0.3 is 0 Å². The van der Waals surface area contributed by atoms with Crippen LogP contribution < -0.4 is 10.6 Å². The number of aryl methyl sites for hydroxylation is 1. The van der Waals surface area contributed by atoms with Gasteiger partial charge in [0.25, 0.3) is 5.91 Å². The predicted octanol–water partition coefficient (Wildman–Crippen LogP) is 1.40. The monoisotopic (exact) mass is 302 g/mol. The van der Waals surface area contributed by atoms with Crippen LogP contribution in [0.5, 0.6) is 0 Å². The molecular weight excluding hydrogens is 280 g/mol. The van der Waals surface area contributed by atoms with Gasteiger partial charge in [-0.2, -0.15) is 5.10 Å². The SMILES string of the molecule is Cc1[nH]c(C2CCNCC2)nc1C(=O)NC(C)c1ccn[nH]1. The largest absolute Gasteiger partial charge is 0.345 e. The quantitative estimate of drug-likeness (QED) is 0.686. The summed E-state index contributed by atoms with van der Waals surface area (Å²) in [5.74, 6) is 1.18. The average Bonchev–Trinajstić information content (AvgIpc) is 3.17. The highest BCUT2D eigenvalue weighted by atomic mass is 16.2. The van der Waals surface area contributed by atoms with Gasteiger partial charge < -0.3 is 15.6 Å². The number of amides is 1. The normalized spacial score (nSPS) is 17.4. The molecule has 22 heavy (non-hydrogen) atoms. The maximum absolute atomic E-state index is 12.4. The molecule has 1 amide bonds. The highest BCUT2D eigenvalue weighted by Crippen LogP contribution is 2.24. The van der Waals surface area contributed by atoms with E-state index in [0.717, 1.165) is 43.1 Å². The van der Waals surface area contributed by atoms with Crippen molar-refractivity contribution in [2.75, 3.05) is 13.1 Å². The van der Waals surface area contributed by atoms with Crippen LogP contribution in [0, 0.1) is 6.92 Å². The number of hydrogen-bond donors (Lipinski definition) is 4. The summed E-state index contributed by atoms with van der Waals surface area (Å²) in [6.07, 6.45) is 3.78. The highest BCUT2D eigenvalue weighted by molar-refractivity contribution is 5.93. The maximum atomic E-state index is 12.4. The van der Waals surface area contributed by atoms with Crippen LogP contribution >= 0.6 is 0 Å². The molecule has 1 fully saturated rings. The average molecular weight is 302 g/mol. The fourth-order valence-corrected chi connectivity index (χ4v) is 2.84. The Balaban J connectivity index is 1.71. The Morgan fingerprint density at radius 2 is 2.18 bits per heavy atom. The van der Waals surface area contributed by atoms with Crippen LogP contribution in [0.3, 0.4) is 0 Å². The molecule has 3 heterocycles. The third kappa shape index (κ3) is 3.04. The molecule has 1 saturated heterocycles. The smallest absolute Gasteiger partial charge is 0.272 e. The van der Waals surface area contributed by atoms with Crippen molar-refractivity contribution >= 4 is 5.91 Å². The lowest BCUT2D eigenvalue weighted by Gasteiger charge is -2.20. The second-order valence-electron chi connectivity index (χ2n) is 5.83. The first-order valence-electron chi connectivity index (χ1n) is 7.72. The van der Waals surface area contributed by atoms with E-state index >= 15 is 0 Å². The Morgan fingerprint density at radius 1 is 1.41 bits per heavy atom. The molecule has 1 aliphatic heterocycles. The summed E-state index contributed by atoms with van der Waals surface area (Å²) in [6.45, 7) is 5.82. The van der Waals surface area contributed by atoms with Crippen LogP contribution in [-0.4, -0.2) is 39.2 Å². The van der Waals surface area contributed by atoms with Crippen molar-refractivity contribution in [3.05, 3.63) is 35.2 Å². The third-order valence-corrected chi connectivity index (χ3v) is 4.18. The molecule has 0 spiro atoms. The van der Waals surface area contributed by atoms with Gasteiger partial charge in [-0.15, -0.1) is 0 Å². The van der Waals surface area contributed by atoms with Gasteiger partial charge in [0, 0.05) is 17.8 Å². The predicted molar refractivity (Wildman–Crippen MR) is 82.6 cm³/mol. The Bertz CT molecular complexity index is 627. The highest BCUT2D eigenvalue weighted by Gasteiger charge is 2.23. The zero-order chi connectivity index (χ0) is 15.5. The Morgan fingerprint density at radius 3 is 2.86 bits per heavy atom. The summed E-state index contributed by atoms with van der Waals surface area (Å²) in [4.78, 5) is 20.3. The minimum atomic E-state index is -0.156. The lowest BCUT2D eigenvalue weighted by atomic mass is 9.98. The van der Waals surface area contributed by atoms with Crippen LogP contribution in [-0.2, 0) is 0 Å². The molecule has 3 rings (SSSR count). The lowest BCUT2D eigenvalue weighted by molar-refractivity contribution is 0.0933. The molecule has 0 bridgehead atoms. The standard InChI is InChI=1S/C15H22N6O/c1-9(12-5-8-17-21-12)19-15(22)13-10(2)18-14(20-13)11-3-6-16-7-4-11/h5,8-9,11,16H,3-4,6-7H2,1-2H3,(H,17,21)(H,18,20)(H,19,22). The molecule has 1 aliphatic rings. The van der Waals surface area contributed by atoms with E-state index in [0.29, 0.717) is 11.6 Å². The fraction of sp³-hybridized carbons (Fsp3) is 0.533. The second-order valence-corrected chi connectivity index (χ2v) is 5.83. The number of carbonyl (C=O) groups is 1. The first kappa shape index (κ1) is 14.8. The molecule has 7 heteroatoms. The van der Waals surface area contributed by atoms with Gasteiger partial charge in [0.1, 0.15) is 11.5 Å². The van der Waals surface area contributed by atoms with Crippen molar-refractivity contribution < 1.29 is 4.79 Å². The van der Waals surface area contributed by atoms with Crippen molar-refractivity contribution in [1.29, 1.82) is 0 Å².